The first kappa shape index (κ1) is 14.8. The number of nitrogens with zero attached hydrogens (tertiary/aromatic N) is 1. The second-order valence-electron chi connectivity index (χ2n) is 4.73. The van der Waals surface area contributed by atoms with Gasteiger partial charge < -0.3 is 14.5 Å². The monoisotopic (exact) mass is 274 g/mol. The number of methoxy groups -OCH3 is 1. The maximum atomic E-state index is 5.69. The standard InChI is InChI=1S/C16H22N2O2/c1-19-11-10-17-13-16-18-12-15(20-16)9-5-8-14-6-3-2-4-7-14/h2-4,6-7,12,17H,5,8-11,13H2,1H3. The Morgan fingerprint density at radius 2 is 2.05 bits per heavy atom. The summed E-state index contributed by atoms with van der Waals surface area (Å²) in [6, 6.07) is 10.5. The molecule has 0 radical (unpaired) electrons. The van der Waals surface area contributed by atoms with Crippen molar-refractivity contribution in [1.82, 2.24) is 10.3 Å². The van der Waals surface area contributed by atoms with Crippen LogP contribution in [0.4, 0.5) is 0 Å². The molecule has 0 saturated heterocycles. The molecule has 0 aliphatic rings. The zero-order valence-electron chi connectivity index (χ0n) is 12.0. The fraction of sp³-hybridized carbons (Fsp3) is 0.438. The number of oxazole rings is 1. The van der Waals surface area contributed by atoms with Gasteiger partial charge in [0.2, 0.25) is 5.89 Å². The predicted octanol–water partition coefficient (Wildman–Crippen LogP) is 2.59. The lowest BCUT2D eigenvalue weighted by atomic mass is 10.1. The fourth-order valence-corrected chi connectivity index (χ4v) is 2.03. The van der Waals surface area contributed by atoms with Crippen molar-refractivity contribution in [2.75, 3.05) is 20.3 Å². The van der Waals surface area contributed by atoms with Crippen LogP contribution in [0.15, 0.2) is 40.9 Å². The van der Waals surface area contributed by atoms with Crippen LogP contribution in [-0.4, -0.2) is 25.2 Å². The number of hydrogen-bond acceptors (Lipinski definition) is 4. The highest BCUT2D eigenvalue weighted by Crippen LogP contribution is 2.09. The maximum absolute atomic E-state index is 5.69. The molecule has 1 aromatic carbocycles. The number of benzene rings is 1. The van der Waals surface area contributed by atoms with Gasteiger partial charge in [0.1, 0.15) is 5.76 Å². The molecule has 4 heteroatoms. The van der Waals surface area contributed by atoms with Crippen LogP contribution in [0.3, 0.4) is 0 Å². The van der Waals surface area contributed by atoms with Gasteiger partial charge in [0.25, 0.3) is 0 Å². The number of rotatable bonds is 9. The van der Waals surface area contributed by atoms with Gasteiger partial charge in [-0.15, -0.1) is 0 Å². The van der Waals surface area contributed by atoms with E-state index in [1.165, 1.54) is 5.56 Å². The molecule has 1 aromatic heterocycles. The van der Waals surface area contributed by atoms with Crippen molar-refractivity contribution >= 4 is 0 Å². The number of aryl methyl sites for hydroxylation is 2. The Morgan fingerprint density at radius 3 is 2.85 bits per heavy atom. The van der Waals surface area contributed by atoms with E-state index < -0.39 is 0 Å². The van der Waals surface area contributed by atoms with Gasteiger partial charge in [0, 0.05) is 20.1 Å². The molecule has 2 rings (SSSR count). The molecule has 0 unspecified atom stereocenters. The largest absolute Gasteiger partial charge is 0.444 e. The minimum Gasteiger partial charge on any atom is -0.444 e. The maximum Gasteiger partial charge on any atom is 0.208 e. The Balaban J connectivity index is 1.67. The van der Waals surface area contributed by atoms with Gasteiger partial charge in [0.05, 0.1) is 19.3 Å². The summed E-state index contributed by atoms with van der Waals surface area (Å²) in [5.41, 5.74) is 1.37. The molecule has 0 saturated carbocycles. The molecule has 20 heavy (non-hydrogen) atoms. The minimum atomic E-state index is 0.655. The van der Waals surface area contributed by atoms with Crippen LogP contribution >= 0.6 is 0 Å². The van der Waals surface area contributed by atoms with E-state index >= 15 is 0 Å². The van der Waals surface area contributed by atoms with Crippen LogP contribution in [0.2, 0.25) is 0 Å². The smallest absolute Gasteiger partial charge is 0.208 e. The van der Waals surface area contributed by atoms with E-state index in [-0.39, 0.29) is 0 Å². The fourth-order valence-electron chi connectivity index (χ4n) is 2.03. The van der Waals surface area contributed by atoms with Crippen molar-refractivity contribution in [3.05, 3.63) is 53.7 Å². The highest BCUT2D eigenvalue weighted by Gasteiger charge is 2.03. The zero-order valence-corrected chi connectivity index (χ0v) is 12.0. The van der Waals surface area contributed by atoms with Crippen molar-refractivity contribution in [2.24, 2.45) is 0 Å². The highest BCUT2D eigenvalue weighted by atomic mass is 16.5. The summed E-state index contributed by atoms with van der Waals surface area (Å²) in [5.74, 6) is 1.71. The van der Waals surface area contributed by atoms with E-state index in [0.717, 1.165) is 37.5 Å². The first-order valence-corrected chi connectivity index (χ1v) is 7.05. The molecule has 0 aliphatic carbocycles. The van der Waals surface area contributed by atoms with Gasteiger partial charge in [-0.2, -0.15) is 0 Å². The van der Waals surface area contributed by atoms with E-state index in [1.807, 2.05) is 12.3 Å². The number of aromatic nitrogens is 1. The minimum absolute atomic E-state index is 0.655. The Labute approximate surface area is 120 Å². The third kappa shape index (κ3) is 5.15. The number of nitrogens with one attached hydrogen (secondary N) is 1. The van der Waals surface area contributed by atoms with Crippen LogP contribution in [0.25, 0.3) is 0 Å². The molecular formula is C16H22N2O2. The van der Waals surface area contributed by atoms with Crippen LogP contribution in [0.1, 0.15) is 23.6 Å². The van der Waals surface area contributed by atoms with Gasteiger partial charge in [0.15, 0.2) is 0 Å². The van der Waals surface area contributed by atoms with Crippen LogP contribution < -0.4 is 5.32 Å². The second kappa shape index (κ2) is 8.51. The molecule has 1 N–H and O–H groups in total. The van der Waals surface area contributed by atoms with Crippen molar-refractivity contribution in [3.63, 3.8) is 0 Å². The van der Waals surface area contributed by atoms with E-state index in [1.54, 1.807) is 7.11 Å². The van der Waals surface area contributed by atoms with Gasteiger partial charge in [-0.3, -0.25) is 0 Å². The van der Waals surface area contributed by atoms with Crippen LogP contribution in [0, 0.1) is 0 Å². The second-order valence-corrected chi connectivity index (χ2v) is 4.73. The SMILES string of the molecule is COCCNCc1ncc(CCCc2ccccc2)o1. The Kier molecular flexibility index (Phi) is 6.27. The molecule has 0 atom stereocenters. The van der Waals surface area contributed by atoms with Crippen molar-refractivity contribution in [3.8, 4) is 0 Å². The molecular weight excluding hydrogens is 252 g/mol. The number of hydrogen-bond donors (Lipinski definition) is 1. The summed E-state index contributed by atoms with van der Waals surface area (Å²) in [4.78, 5) is 4.27. The van der Waals surface area contributed by atoms with E-state index in [9.17, 15) is 0 Å². The van der Waals surface area contributed by atoms with Gasteiger partial charge in [-0.05, 0) is 18.4 Å². The van der Waals surface area contributed by atoms with Crippen molar-refractivity contribution < 1.29 is 9.15 Å². The van der Waals surface area contributed by atoms with Crippen LogP contribution in [0.5, 0.6) is 0 Å². The lowest BCUT2D eigenvalue weighted by Crippen LogP contribution is -2.18. The quantitative estimate of drug-likeness (QED) is 0.714. The third-order valence-electron chi connectivity index (χ3n) is 3.09. The molecule has 1 heterocycles. The summed E-state index contributed by atoms with van der Waals surface area (Å²) in [6.07, 6.45) is 4.91. The van der Waals surface area contributed by atoms with Gasteiger partial charge in [-0.25, -0.2) is 4.98 Å². The van der Waals surface area contributed by atoms with Gasteiger partial charge in [-0.1, -0.05) is 30.3 Å². The number of ether oxygens (including phenoxy) is 1. The molecule has 0 bridgehead atoms. The van der Waals surface area contributed by atoms with E-state index in [4.69, 9.17) is 9.15 Å². The van der Waals surface area contributed by atoms with Crippen molar-refractivity contribution in [1.29, 1.82) is 0 Å². The first-order valence-electron chi connectivity index (χ1n) is 7.05. The predicted molar refractivity (Wildman–Crippen MR) is 78.6 cm³/mol. The Hall–Kier alpha value is -1.65. The lowest BCUT2D eigenvalue weighted by Gasteiger charge is -2.00. The average Bonchev–Trinajstić information content (AvgIpc) is 2.93. The summed E-state index contributed by atoms with van der Waals surface area (Å²) in [5, 5.41) is 3.22. The topological polar surface area (TPSA) is 47.3 Å². The molecule has 108 valence electrons. The summed E-state index contributed by atoms with van der Waals surface area (Å²) < 4.78 is 10.7. The van der Waals surface area contributed by atoms with E-state index in [0.29, 0.717) is 13.2 Å². The average molecular weight is 274 g/mol. The molecule has 0 spiro atoms. The molecule has 0 aliphatic heterocycles. The highest BCUT2D eigenvalue weighted by molar-refractivity contribution is 5.14. The molecule has 0 amide bonds. The van der Waals surface area contributed by atoms with Crippen molar-refractivity contribution in [2.45, 2.75) is 25.8 Å². The van der Waals surface area contributed by atoms with Gasteiger partial charge >= 0.3 is 0 Å². The van der Waals surface area contributed by atoms with Crippen LogP contribution in [-0.2, 0) is 24.1 Å². The summed E-state index contributed by atoms with van der Waals surface area (Å²) >= 11 is 0. The zero-order chi connectivity index (χ0) is 14.0. The third-order valence-corrected chi connectivity index (χ3v) is 3.09. The molecule has 2 aromatic rings. The normalized spacial score (nSPS) is 10.8. The first-order chi connectivity index (χ1) is 9.88. The Morgan fingerprint density at radius 1 is 1.20 bits per heavy atom. The van der Waals surface area contributed by atoms with E-state index in [2.05, 4.69) is 34.6 Å². The summed E-state index contributed by atoms with van der Waals surface area (Å²) in [7, 11) is 1.69. The molecule has 0 fully saturated rings. The molecule has 4 nitrogen and oxygen atoms in total. The summed E-state index contributed by atoms with van der Waals surface area (Å²) in [6.45, 7) is 2.16. The lowest BCUT2D eigenvalue weighted by molar-refractivity contribution is 0.198. The Bertz CT molecular complexity index is 482.